The van der Waals surface area contributed by atoms with Gasteiger partial charge in [-0.15, -0.1) is 0 Å². The zero-order valence-corrected chi connectivity index (χ0v) is 32.9. The lowest BCUT2D eigenvalue weighted by molar-refractivity contribution is -0.161. The molecule has 0 saturated heterocycles. The third-order valence-electron chi connectivity index (χ3n) is 9.21. The average molecular weight is 760 g/mol. The Morgan fingerprint density at radius 3 is 2.13 bits per heavy atom. The number of aliphatic hydroxyl groups excluding tert-OH is 2. The molecule has 52 heavy (non-hydrogen) atoms. The molecule has 1 fully saturated rings. The lowest BCUT2D eigenvalue weighted by Crippen LogP contribution is -2.29. The van der Waals surface area contributed by atoms with E-state index in [1.54, 1.807) is 12.2 Å². The van der Waals surface area contributed by atoms with Crippen LogP contribution in [0.5, 0.6) is 0 Å². The maximum atomic E-state index is 12.6. The van der Waals surface area contributed by atoms with Crippen molar-refractivity contribution < 1.29 is 52.6 Å². The summed E-state index contributed by atoms with van der Waals surface area (Å²) >= 11 is 0. The van der Waals surface area contributed by atoms with Crippen molar-refractivity contribution in [2.75, 3.05) is 26.4 Å². The first-order chi connectivity index (χ1) is 25.0. The summed E-state index contributed by atoms with van der Waals surface area (Å²) in [6, 6.07) is 0. The number of hydrogen-bond donors (Lipinski definition) is 4. The van der Waals surface area contributed by atoms with Gasteiger partial charge in [0.15, 0.2) is 6.10 Å². The fraction of sp³-hybridized carbons (Fsp3) is 0.821. The van der Waals surface area contributed by atoms with Gasteiger partial charge < -0.3 is 30.3 Å². The Hall–Kier alpha value is -1.92. The number of nitrogens with two attached hydrogens (primary N) is 1. The number of carbonyl (C=O) groups is 3. The molecule has 0 heterocycles. The number of hydrogen-bond acceptors (Lipinski definition) is 11. The topological polar surface area (TPSA) is 192 Å². The Balaban J connectivity index is 2.48. The van der Waals surface area contributed by atoms with Crippen LogP contribution in [0, 0.1) is 11.8 Å². The molecule has 1 rings (SSSR count). The Morgan fingerprint density at radius 1 is 0.865 bits per heavy atom. The summed E-state index contributed by atoms with van der Waals surface area (Å²) in [6.45, 7) is 3.29. The third kappa shape index (κ3) is 24.4. The van der Waals surface area contributed by atoms with Gasteiger partial charge in [-0.3, -0.25) is 23.4 Å². The molecule has 1 aliphatic carbocycles. The number of allylic oxidation sites excluding steroid dienone is 2. The van der Waals surface area contributed by atoms with E-state index < -0.39 is 44.7 Å². The van der Waals surface area contributed by atoms with Gasteiger partial charge in [0.2, 0.25) is 0 Å². The number of Topliss-reactive ketones (excluding diaryl/α,β-unsaturated/α-hetero) is 1. The van der Waals surface area contributed by atoms with Crippen LogP contribution in [-0.4, -0.2) is 77.5 Å². The number of aliphatic hydroxyl groups is 2. The number of esters is 2. The zero-order chi connectivity index (χ0) is 38.5. The quantitative estimate of drug-likeness (QED) is 0.0224. The Labute approximate surface area is 312 Å². The van der Waals surface area contributed by atoms with Gasteiger partial charge in [-0.05, 0) is 32.1 Å². The predicted molar refractivity (Wildman–Crippen MR) is 202 cm³/mol. The molecule has 12 nitrogen and oxygen atoms in total. The summed E-state index contributed by atoms with van der Waals surface area (Å²) in [7, 11) is -4.44. The molecule has 1 aliphatic rings. The molecule has 302 valence electrons. The molecule has 13 heteroatoms. The number of phosphoric acid groups is 1. The molecule has 0 radical (unpaired) electrons. The van der Waals surface area contributed by atoms with E-state index >= 15 is 0 Å². The molecule has 0 amide bonds. The van der Waals surface area contributed by atoms with Crippen LogP contribution in [0.2, 0.25) is 0 Å². The molecule has 0 bridgehead atoms. The smallest absolute Gasteiger partial charge is 0.462 e. The second kappa shape index (κ2) is 30.4. The van der Waals surface area contributed by atoms with Crippen LogP contribution in [0.4, 0.5) is 0 Å². The lowest BCUT2D eigenvalue weighted by atomic mass is 9.90. The summed E-state index contributed by atoms with van der Waals surface area (Å²) in [4.78, 5) is 47.4. The molecule has 0 aromatic carbocycles. The van der Waals surface area contributed by atoms with E-state index in [1.807, 2.05) is 12.2 Å². The maximum absolute atomic E-state index is 12.6. The Morgan fingerprint density at radius 2 is 1.48 bits per heavy atom. The van der Waals surface area contributed by atoms with Gasteiger partial charge in [-0.25, -0.2) is 4.57 Å². The van der Waals surface area contributed by atoms with Crippen LogP contribution in [-0.2, 0) is 37.5 Å². The van der Waals surface area contributed by atoms with Gasteiger partial charge in [0.05, 0.1) is 25.4 Å². The first kappa shape index (κ1) is 48.1. The highest BCUT2D eigenvalue weighted by atomic mass is 31.2. The van der Waals surface area contributed by atoms with Crippen molar-refractivity contribution in [3.63, 3.8) is 0 Å². The fourth-order valence-corrected chi connectivity index (χ4v) is 6.91. The largest absolute Gasteiger partial charge is 0.472 e. The second-order valence-corrected chi connectivity index (χ2v) is 15.4. The van der Waals surface area contributed by atoms with Crippen LogP contribution in [0.3, 0.4) is 0 Å². The summed E-state index contributed by atoms with van der Waals surface area (Å²) in [5.74, 6) is -1.76. The number of ketones is 1. The molecule has 1 unspecified atom stereocenters. The van der Waals surface area contributed by atoms with E-state index in [0.717, 1.165) is 38.5 Å². The molecular weight excluding hydrogens is 689 g/mol. The summed E-state index contributed by atoms with van der Waals surface area (Å²) < 4.78 is 32.6. The van der Waals surface area contributed by atoms with Crippen LogP contribution in [0.15, 0.2) is 24.3 Å². The maximum Gasteiger partial charge on any atom is 0.472 e. The van der Waals surface area contributed by atoms with E-state index in [2.05, 4.69) is 13.8 Å². The van der Waals surface area contributed by atoms with Crippen molar-refractivity contribution >= 4 is 25.5 Å². The minimum absolute atomic E-state index is 0.00975. The van der Waals surface area contributed by atoms with Crippen molar-refractivity contribution in [3.8, 4) is 0 Å². The van der Waals surface area contributed by atoms with Crippen LogP contribution in [0.25, 0.3) is 0 Å². The predicted octanol–water partition coefficient (Wildman–Crippen LogP) is 7.41. The van der Waals surface area contributed by atoms with Crippen LogP contribution < -0.4 is 5.73 Å². The Kier molecular flexibility index (Phi) is 28.1. The van der Waals surface area contributed by atoms with E-state index in [1.165, 1.54) is 44.9 Å². The van der Waals surface area contributed by atoms with Crippen LogP contribution >= 0.6 is 7.82 Å². The van der Waals surface area contributed by atoms with Gasteiger partial charge in [-0.2, -0.15) is 0 Å². The van der Waals surface area contributed by atoms with Crippen molar-refractivity contribution in [3.05, 3.63) is 24.3 Å². The van der Waals surface area contributed by atoms with Crippen molar-refractivity contribution in [1.82, 2.24) is 0 Å². The molecule has 0 spiro atoms. The number of rotatable bonds is 33. The first-order valence-electron chi connectivity index (χ1n) is 19.9. The number of unbranched alkanes of at least 4 members (excludes halogenated alkanes) is 13. The van der Waals surface area contributed by atoms with E-state index in [4.69, 9.17) is 24.3 Å². The van der Waals surface area contributed by atoms with E-state index in [0.29, 0.717) is 32.1 Å². The first-order valence-corrected chi connectivity index (χ1v) is 21.4. The zero-order valence-electron chi connectivity index (χ0n) is 32.0. The normalized spacial score (nSPS) is 20.0. The van der Waals surface area contributed by atoms with Crippen molar-refractivity contribution in [2.45, 2.75) is 167 Å². The standard InChI is InChI=1S/C39H70NO11P/c1-3-5-7-8-9-10-11-12-13-14-19-23-38(44)48-30-33(31-50-52(46,47)49-28-27-40)51-39(45)24-20-16-15-18-22-34-35(37(43)29-36(34)42)26-25-32(41)21-17-6-4-2/h15,18,25-26,32-35,37,41,43H,3-14,16-17,19-24,27-31,40H2,1-2H3,(H,46,47)/b18-15-,26-25+/t32-,33+,34+,35+,37+/m0/s1. The summed E-state index contributed by atoms with van der Waals surface area (Å²) in [5.41, 5.74) is 5.32. The van der Waals surface area contributed by atoms with Gasteiger partial charge >= 0.3 is 19.8 Å². The molecular formula is C39H70NO11P. The summed E-state index contributed by atoms with van der Waals surface area (Å²) in [6.07, 6.45) is 22.9. The summed E-state index contributed by atoms with van der Waals surface area (Å²) in [5, 5.41) is 20.6. The fourth-order valence-electron chi connectivity index (χ4n) is 6.14. The molecule has 5 N–H and O–H groups in total. The molecule has 1 saturated carbocycles. The highest BCUT2D eigenvalue weighted by Crippen LogP contribution is 2.43. The van der Waals surface area contributed by atoms with Gasteiger partial charge in [0, 0.05) is 37.6 Å². The van der Waals surface area contributed by atoms with Gasteiger partial charge in [0.1, 0.15) is 12.4 Å². The SMILES string of the molecule is CCCCCCCCCCCCCC(=O)OC[C@H](COP(=O)(O)OCCN)OC(=O)CCC/C=C\C[C@H]1C(=O)C[C@@H](O)[C@@H]1/C=C/[C@@H](O)CCCCC. The highest BCUT2D eigenvalue weighted by molar-refractivity contribution is 7.47. The third-order valence-corrected chi connectivity index (χ3v) is 10.2. The van der Waals surface area contributed by atoms with E-state index in [9.17, 15) is 34.1 Å². The average Bonchev–Trinajstić information content (AvgIpc) is 3.38. The minimum Gasteiger partial charge on any atom is -0.462 e. The molecule has 0 aromatic rings. The highest BCUT2D eigenvalue weighted by Gasteiger charge is 2.39. The van der Waals surface area contributed by atoms with Gasteiger partial charge in [0.25, 0.3) is 0 Å². The van der Waals surface area contributed by atoms with Crippen molar-refractivity contribution in [1.29, 1.82) is 0 Å². The molecule has 0 aromatic heterocycles. The Bertz CT molecular complexity index is 1070. The van der Waals surface area contributed by atoms with E-state index in [-0.39, 0.29) is 56.6 Å². The van der Waals surface area contributed by atoms with Gasteiger partial charge in [-0.1, -0.05) is 122 Å². The number of phosphoric ester groups is 1. The number of ether oxygens (including phenoxy) is 2. The molecule has 0 aliphatic heterocycles. The van der Waals surface area contributed by atoms with Crippen LogP contribution in [0.1, 0.15) is 149 Å². The second-order valence-electron chi connectivity index (χ2n) is 13.9. The minimum atomic E-state index is -4.44. The molecule has 6 atom stereocenters. The monoisotopic (exact) mass is 759 g/mol. The lowest BCUT2D eigenvalue weighted by Gasteiger charge is -2.19. The number of carbonyl (C=O) groups excluding carboxylic acids is 3. The van der Waals surface area contributed by atoms with Crippen molar-refractivity contribution in [2.24, 2.45) is 17.6 Å².